The highest BCUT2D eigenvalue weighted by molar-refractivity contribution is 5.96. The number of fused-ring (bicyclic) bond motifs is 1. The van der Waals surface area contributed by atoms with Crippen molar-refractivity contribution >= 4 is 11.9 Å². The van der Waals surface area contributed by atoms with Crippen molar-refractivity contribution < 1.29 is 19.1 Å². The first kappa shape index (κ1) is 12.4. The highest BCUT2D eigenvalue weighted by atomic mass is 16.5. The van der Waals surface area contributed by atoms with Gasteiger partial charge in [-0.2, -0.15) is 0 Å². The normalized spacial score (nSPS) is 16.4. The molecule has 0 aliphatic carbocycles. The van der Waals surface area contributed by atoms with Crippen LogP contribution in [0.3, 0.4) is 0 Å². The number of benzene rings is 2. The third-order valence-corrected chi connectivity index (χ3v) is 3.34. The summed E-state index contributed by atoms with van der Waals surface area (Å²) in [5.74, 6) is -0.814. The number of methoxy groups -OCH3 is 1. The summed E-state index contributed by atoms with van der Waals surface area (Å²) < 4.78 is 10.2. The fourth-order valence-corrected chi connectivity index (χ4v) is 2.40. The van der Waals surface area contributed by atoms with Crippen LogP contribution < -0.4 is 0 Å². The first-order valence-electron chi connectivity index (χ1n) is 6.19. The molecule has 4 heteroatoms. The third-order valence-electron chi connectivity index (χ3n) is 3.34. The highest BCUT2D eigenvalue weighted by Gasteiger charge is 2.34. The molecule has 1 atom stereocenters. The zero-order chi connectivity index (χ0) is 14.1. The van der Waals surface area contributed by atoms with E-state index in [1.165, 1.54) is 7.11 Å². The van der Waals surface area contributed by atoms with E-state index in [0.717, 1.165) is 5.56 Å². The molecule has 0 amide bonds. The topological polar surface area (TPSA) is 52.6 Å². The average molecular weight is 268 g/mol. The van der Waals surface area contributed by atoms with E-state index in [2.05, 4.69) is 0 Å². The zero-order valence-corrected chi connectivity index (χ0v) is 10.8. The lowest BCUT2D eigenvalue weighted by atomic mass is 9.95. The molecule has 100 valence electrons. The molecule has 0 N–H and O–H groups in total. The minimum Gasteiger partial charge on any atom is -0.465 e. The molecule has 1 unspecified atom stereocenters. The average Bonchev–Trinajstić information content (AvgIpc) is 2.84. The van der Waals surface area contributed by atoms with E-state index in [9.17, 15) is 9.59 Å². The Balaban J connectivity index is 2.12. The Morgan fingerprint density at radius 3 is 2.45 bits per heavy atom. The smallest absolute Gasteiger partial charge is 0.339 e. The van der Waals surface area contributed by atoms with E-state index in [1.54, 1.807) is 36.4 Å². The number of ether oxygens (including phenoxy) is 2. The van der Waals surface area contributed by atoms with Gasteiger partial charge in [-0.3, -0.25) is 0 Å². The molecule has 0 spiro atoms. The molecule has 20 heavy (non-hydrogen) atoms. The fourth-order valence-electron chi connectivity index (χ4n) is 2.40. The van der Waals surface area contributed by atoms with Crippen molar-refractivity contribution in [1.29, 1.82) is 0 Å². The molecule has 1 aliphatic heterocycles. The number of cyclic esters (lactones) is 1. The van der Waals surface area contributed by atoms with Crippen molar-refractivity contribution in [3.63, 3.8) is 0 Å². The van der Waals surface area contributed by atoms with Gasteiger partial charge < -0.3 is 9.47 Å². The van der Waals surface area contributed by atoms with Gasteiger partial charge in [0.2, 0.25) is 0 Å². The summed E-state index contributed by atoms with van der Waals surface area (Å²) in [5, 5.41) is 0. The van der Waals surface area contributed by atoms with Gasteiger partial charge in [-0.1, -0.05) is 36.4 Å². The number of esters is 2. The number of hydrogen-bond acceptors (Lipinski definition) is 4. The number of carbonyl (C=O) groups excluding carboxylic acids is 2. The Hall–Kier alpha value is -2.62. The monoisotopic (exact) mass is 268 g/mol. The number of carbonyl (C=O) groups is 2. The van der Waals surface area contributed by atoms with Crippen LogP contribution in [0.1, 0.15) is 37.9 Å². The van der Waals surface area contributed by atoms with E-state index in [1.807, 2.05) is 12.1 Å². The van der Waals surface area contributed by atoms with Crippen LogP contribution in [0.5, 0.6) is 0 Å². The van der Waals surface area contributed by atoms with Gasteiger partial charge >= 0.3 is 11.9 Å². The van der Waals surface area contributed by atoms with Gasteiger partial charge in [-0.15, -0.1) is 0 Å². The molecule has 1 aliphatic rings. The van der Waals surface area contributed by atoms with Crippen molar-refractivity contribution in [2.75, 3.05) is 7.11 Å². The van der Waals surface area contributed by atoms with Crippen LogP contribution in [0.25, 0.3) is 0 Å². The highest BCUT2D eigenvalue weighted by Crippen LogP contribution is 2.37. The minimum atomic E-state index is -0.561. The fraction of sp³-hybridized carbons (Fsp3) is 0.125. The Kier molecular flexibility index (Phi) is 2.99. The summed E-state index contributed by atoms with van der Waals surface area (Å²) in [6, 6.07) is 14.2. The van der Waals surface area contributed by atoms with Crippen LogP contribution >= 0.6 is 0 Å². The largest absolute Gasteiger partial charge is 0.465 e. The van der Waals surface area contributed by atoms with E-state index in [0.29, 0.717) is 16.7 Å². The Bertz CT molecular complexity index is 690. The quantitative estimate of drug-likeness (QED) is 0.786. The first-order chi connectivity index (χ1) is 9.72. The van der Waals surface area contributed by atoms with Crippen LogP contribution in [-0.4, -0.2) is 19.0 Å². The van der Waals surface area contributed by atoms with Gasteiger partial charge in [0, 0.05) is 11.1 Å². The van der Waals surface area contributed by atoms with Gasteiger partial charge in [0.25, 0.3) is 0 Å². The van der Waals surface area contributed by atoms with Crippen molar-refractivity contribution in [2.24, 2.45) is 0 Å². The first-order valence-corrected chi connectivity index (χ1v) is 6.19. The molecule has 0 saturated carbocycles. The van der Waals surface area contributed by atoms with Gasteiger partial charge in [-0.25, -0.2) is 9.59 Å². The Morgan fingerprint density at radius 2 is 1.70 bits per heavy atom. The summed E-state index contributed by atoms with van der Waals surface area (Å²) in [6.07, 6.45) is -0.561. The van der Waals surface area contributed by atoms with Gasteiger partial charge in [-0.05, 0) is 12.1 Å². The molecule has 1 heterocycles. The molecular formula is C16H12O4. The van der Waals surface area contributed by atoms with Gasteiger partial charge in [0.15, 0.2) is 6.10 Å². The van der Waals surface area contributed by atoms with E-state index < -0.39 is 12.1 Å². The lowest BCUT2D eigenvalue weighted by molar-refractivity contribution is 0.0443. The molecule has 0 saturated heterocycles. The molecule has 0 radical (unpaired) electrons. The second kappa shape index (κ2) is 4.81. The summed E-state index contributed by atoms with van der Waals surface area (Å²) in [6.45, 7) is 0. The van der Waals surface area contributed by atoms with Crippen molar-refractivity contribution in [1.82, 2.24) is 0 Å². The maximum Gasteiger partial charge on any atom is 0.339 e. The lowest BCUT2D eigenvalue weighted by Gasteiger charge is -2.14. The second-order valence-corrected chi connectivity index (χ2v) is 4.45. The van der Waals surface area contributed by atoms with Gasteiger partial charge in [0.1, 0.15) is 0 Å². The minimum absolute atomic E-state index is 0.370. The molecule has 2 aromatic carbocycles. The molecule has 0 bridgehead atoms. The van der Waals surface area contributed by atoms with Crippen LogP contribution in [0.2, 0.25) is 0 Å². The van der Waals surface area contributed by atoms with Crippen LogP contribution in [0.15, 0.2) is 48.5 Å². The van der Waals surface area contributed by atoms with E-state index in [4.69, 9.17) is 9.47 Å². The van der Waals surface area contributed by atoms with Crippen LogP contribution in [-0.2, 0) is 9.47 Å². The summed E-state index contributed by atoms with van der Waals surface area (Å²) in [4.78, 5) is 23.7. The molecule has 3 rings (SSSR count). The number of rotatable bonds is 2. The maximum absolute atomic E-state index is 11.9. The summed E-state index contributed by atoms with van der Waals surface area (Å²) in [5.41, 5.74) is 2.35. The van der Waals surface area contributed by atoms with Gasteiger partial charge in [0.05, 0.1) is 18.2 Å². The summed E-state index contributed by atoms with van der Waals surface area (Å²) in [7, 11) is 1.33. The zero-order valence-electron chi connectivity index (χ0n) is 10.8. The SMILES string of the molecule is COC(=O)c1ccccc1C1OC(=O)c2ccccc21. The molecular weight excluding hydrogens is 256 g/mol. The lowest BCUT2D eigenvalue weighted by Crippen LogP contribution is -2.10. The Labute approximate surface area is 115 Å². The number of hydrogen-bond donors (Lipinski definition) is 0. The summed E-state index contributed by atoms with van der Waals surface area (Å²) >= 11 is 0. The van der Waals surface area contributed by atoms with Crippen LogP contribution in [0, 0.1) is 0 Å². The third kappa shape index (κ3) is 1.86. The Morgan fingerprint density at radius 1 is 1.05 bits per heavy atom. The predicted octanol–water partition coefficient (Wildman–Crippen LogP) is 2.73. The standard InChI is InChI=1S/C16H12O4/c1-19-15(17)12-8-4-2-6-10(12)14-11-7-3-5-9-13(11)16(18)20-14/h2-9,14H,1H3. The van der Waals surface area contributed by atoms with Crippen LogP contribution in [0.4, 0.5) is 0 Å². The van der Waals surface area contributed by atoms with Crippen molar-refractivity contribution in [3.8, 4) is 0 Å². The second-order valence-electron chi connectivity index (χ2n) is 4.45. The van der Waals surface area contributed by atoms with Crippen molar-refractivity contribution in [3.05, 3.63) is 70.8 Å². The van der Waals surface area contributed by atoms with E-state index >= 15 is 0 Å². The molecule has 4 nitrogen and oxygen atoms in total. The maximum atomic E-state index is 11.9. The van der Waals surface area contributed by atoms with E-state index in [-0.39, 0.29) is 5.97 Å². The molecule has 0 fully saturated rings. The van der Waals surface area contributed by atoms with Crippen molar-refractivity contribution in [2.45, 2.75) is 6.10 Å². The molecule has 0 aromatic heterocycles. The predicted molar refractivity (Wildman–Crippen MR) is 71.5 cm³/mol. The molecule has 2 aromatic rings.